The molecule has 3 aromatic rings. The molecule has 122 valence electrons. The minimum absolute atomic E-state index is 0.102. The Kier molecular flexibility index (Phi) is 4.50. The standard InChI is InChI=1S/C20H14N2OS2/c23-19-18(25-20(22-19)21-15-9-5-2-6-10-15)13-16-11-12-17(24-16)14-7-3-1-4-8-14/h1-13H,(H,21,22,23)/b18-13+. The fourth-order valence-corrected chi connectivity index (χ4v) is 4.28. The number of hydrogen-bond acceptors (Lipinski definition) is 4. The van der Waals surface area contributed by atoms with Crippen LogP contribution < -0.4 is 5.32 Å². The van der Waals surface area contributed by atoms with E-state index in [0.29, 0.717) is 10.1 Å². The predicted octanol–water partition coefficient (Wildman–Crippen LogP) is 5.31. The van der Waals surface area contributed by atoms with E-state index >= 15 is 0 Å². The van der Waals surface area contributed by atoms with E-state index in [0.717, 1.165) is 10.6 Å². The molecule has 0 atom stereocenters. The third-order valence-electron chi connectivity index (χ3n) is 3.60. The third-order valence-corrected chi connectivity index (χ3v) is 5.59. The molecule has 1 amide bonds. The number of hydrogen-bond donors (Lipinski definition) is 1. The van der Waals surface area contributed by atoms with Gasteiger partial charge in [0.1, 0.15) is 0 Å². The number of para-hydroxylation sites is 1. The van der Waals surface area contributed by atoms with Gasteiger partial charge in [0.15, 0.2) is 5.17 Å². The number of thioether (sulfide) groups is 1. The number of benzene rings is 2. The van der Waals surface area contributed by atoms with Crippen LogP contribution in [0.3, 0.4) is 0 Å². The summed E-state index contributed by atoms with van der Waals surface area (Å²) in [5, 5.41) is 3.43. The number of carbonyl (C=O) groups excluding carboxylic acids is 1. The Labute approximate surface area is 154 Å². The summed E-state index contributed by atoms with van der Waals surface area (Å²) in [5.41, 5.74) is 2.01. The van der Waals surface area contributed by atoms with E-state index in [4.69, 9.17) is 0 Å². The second kappa shape index (κ2) is 7.09. The van der Waals surface area contributed by atoms with Gasteiger partial charge >= 0.3 is 0 Å². The summed E-state index contributed by atoms with van der Waals surface area (Å²) >= 11 is 3.04. The largest absolute Gasteiger partial charge is 0.300 e. The van der Waals surface area contributed by atoms with Crippen LogP contribution in [0.25, 0.3) is 16.5 Å². The molecule has 4 rings (SSSR count). The first kappa shape index (κ1) is 15.9. The maximum absolute atomic E-state index is 12.2. The molecule has 0 aliphatic carbocycles. The van der Waals surface area contributed by atoms with Crippen LogP contribution in [0, 0.1) is 0 Å². The van der Waals surface area contributed by atoms with Crippen LogP contribution in [0.1, 0.15) is 4.88 Å². The number of nitrogens with zero attached hydrogens (tertiary/aromatic N) is 1. The van der Waals surface area contributed by atoms with Crippen molar-refractivity contribution < 1.29 is 4.79 Å². The zero-order chi connectivity index (χ0) is 17.1. The van der Waals surface area contributed by atoms with Gasteiger partial charge in [0, 0.05) is 9.75 Å². The van der Waals surface area contributed by atoms with Crippen LogP contribution in [0.15, 0.2) is 82.7 Å². The normalized spacial score (nSPS) is 17.2. The van der Waals surface area contributed by atoms with Crippen molar-refractivity contribution in [3.05, 3.63) is 82.6 Å². The summed E-state index contributed by atoms with van der Waals surface area (Å²) in [7, 11) is 0. The van der Waals surface area contributed by atoms with Gasteiger partial charge in [-0.25, -0.2) is 4.99 Å². The number of nitrogens with one attached hydrogen (secondary N) is 1. The first-order valence-electron chi connectivity index (χ1n) is 7.78. The van der Waals surface area contributed by atoms with E-state index in [1.807, 2.05) is 60.7 Å². The second-order valence-corrected chi connectivity index (χ2v) is 7.53. The zero-order valence-corrected chi connectivity index (χ0v) is 14.8. The molecule has 0 unspecified atom stereocenters. The second-order valence-electron chi connectivity index (χ2n) is 5.39. The topological polar surface area (TPSA) is 41.5 Å². The molecule has 1 aliphatic rings. The van der Waals surface area contributed by atoms with E-state index in [-0.39, 0.29) is 5.91 Å². The number of amides is 1. The number of carbonyl (C=O) groups is 1. The smallest absolute Gasteiger partial charge is 0.264 e. The molecule has 1 N–H and O–H groups in total. The fourth-order valence-electron chi connectivity index (χ4n) is 2.42. The molecule has 1 aliphatic heterocycles. The molecule has 2 heterocycles. The first-order valence-corrected chi connectivity index (χ1v) is 9.41. The van der Waals surface area contributed by atoms with Gasteiger partial charge in [0.25, 0.3) is 5.91 Å². The molecule has 1 fully saturated rings. The highest BCUT2D eigenvalue weighted by molar-refractivity contribution is 8.18. The van der Waals surface area contributed by atoms with Gasteiger partial charge in [-0.15, -0.1) is 11.3 Å². The molecule has 1 saturated heterocycles. The van der Waals surface area contributed by atoms with Crippen molar-refractivity contribution in [2.75, 3.05) is 0 Å². The van der Waals surface area contributed by atoms with Gasteiger partial charge < -0.3 is 5.32 Å². The lowest BCUT2D eigenvalue weighted by molar-refractivity contribution is -0.115. The monoisotopic (exact) mass is 362 g/mol. The number of rotatable bonds is 3. The molecule has 0 spiro atoms. The van der Waals surface area contributed by atoms with Gasteiger partial charge in [0.05, 0.1) is 10.6 Å². The molecule has 5 heteroatoms. The number of thiophene rings is 1. The Morgan fingerprint density at radius 3 is 2.36 bits per heavy atom. The van der Waals surface area contributed by atoms with Crippen molar-refractivity contribution in [2.24, 2.45) is 4.99 Å². The highest BCUT2D eigenvalue weighted by Crippen LogP contribution is 2.33. The summed E-state index contributed by atoms with van der Waals surface area (Å²) < 4.78 is 0. The molecule has 25 heavy (non-hydrogen) atoms. The van der Waals surface area contributed by atoms with Crippen LogP contribution >= 0.6 is 23.1 Å². The van der Waals surface area contributed by atoms with Crippen LogP contribution in [0.4, 0.5) is 5.69 Å². The Bertz CT molecular complexity index is 960. The van der Waals surface area contributed by atoms with Gasteiger partial charge in [-0.05, 0) is 47.7 Å². The molecular formula is C20H14N2OS2. The summed E-state index contributed by atoms with van der Waals surface area (Å²) in [4.78, 5) is 19.5. The van der Waals surface area contributed by atoms with Crippen molar-refractivity contribution in [3.8, 4) is 10.4 Å². The highest BCUT2D eigenvalue weighted by Gasteiger charge is 2.24. The lowest BCUT2D eigenvalue weighted by Gasteiger charge is -1.95. The highest BCUT2D eigenvalue weighted by atomic mass is 32.2. The summed E-state index contributed by atoms with van der Waals surface area (Å²) in [6.45, 7) is 0. The van der Waals surface area contributed by atoms with Crippen molar-refractivity contribution in [1.29, 1.82) is 0 Å². The van der Waals surface area contributed by atoms with Gasteiger partial charge in [-0.2, -0.15) is 0 Å². The average molecular weight is 362 g/mol. The van der Waals surface area contributed by atoms with Crippen molar-refractivity contribution in [1.82, 2.24) is 5.32 Å². The first-order chi connectivity index (χ1) is 12.3. The molecular weight excluding hydrogens is 348 g/mol. The van der Waals surface area contributed by atoms with Crippen LogP contribution in [0.5, 0.6) is 0 Å². The van der Waals surface area contributed by atoms with E-state index in [2.05, 4.69) is 28.5 Å². The quantitative estimate of drug-likeness (QED) is 0.642. The Balaban J connectivity index is 1.55. The number of aliphatic imine (C=N–C) groups is 1. The third kappa shape index (κ3) is 3.73. The molecule has 0 saturated carbocycles. The Morgan fingerprint density at radius 2 is 1.60 bits per heavy atom. The van der Waals surface area contributed by atoms with Crippen molar-refractivity contribution in [2.45, 2.75) is 0 Å². The Hall–Kier alpha value is -2.63. The fraction of sp³-hybridized carbons (Fsp3) is 0. The van der Waals surface area contributed by atoms with Crippen LogP contribution in [-0.4, -0.2) is 11.1 Å². The van der Waals surface area contributed by atoms with E-state index < -0.39 is 0 Å². The van der Waals surface area contributed by atoms with Crippen molar-refractivity contribution >= 4 is 45.9 Å². The Morgan fingerprint density at radius 1 is 0.880 bits per heavy atom. The molecule has 0 bridgehead atoms. The van der Waals surface area contributed by atoms with Gasteiger partial charge in [0.2, 0.25) is 0 Å². The summed E-state index contributed by atoms with van der Waals surface area (Å²) in [6, 6.07) is 24.0. The van der Waals surface area contributed by atoms with Gasteiger partial charge in [-0.1, -0.05) is 48.5 Å². The zero-order valence-electron chi connectivity index (χ0n) is 13.2. The van der Waals surface area contributed by atoms with E-state index in [1.165, 1.54) is 22.2 Å². The lowest BCUT2D eigenvalue weighted by atomic mass is 10.2. The van der Waals surface area contributed by atoms with E-state index in [1.54, 1.807) is 11.3 Å². The predicted molar refractivity (Wildman–Crippen MR) is 107 cm³/mol. The van der Waals surface area contributed by atoms with E-state index in [9.17, 15) is 4.79 Å². The lowest BCUT2D eigenvalue weighted by Crippen LogP contribution is -2.19. The SMILES string of the molecule is O=C1NC(=Nc2ccccc2)S/C1=C/c1ccc(-c2ccccc2)s1. The maximum atomic E-state index is 12.2. The minimum Gasteiger partial charge on any atom is -0.300 e. The molecule has 3 nitrogen and oxygen atoms in total. The average Bonchev–Trinajstić information content (AvgIpc) is 3.24. The maximum Gasteiger partial charge on any atom is 0.264 e. The summed E-state index contributed by atoms with van der Waals surface area (Å²) in [6.07, 6.45) is 1.92. The molecule has 1 aromatic heterocycles. The minimum atomic E-state index is -0.102. The number of amidine groups is 1. The molecule has 2 aromatic carbocycles. The van der Waals surface area contributed by atoms with Gasteiger partial charge in [-0.3, -0.25) is 4.79 Å². The van der Waals surface area contributed by atoms with Crippen LogP contribution in [-0.2, 0) is 4.79 Å². The molecule has 0 radical (unpaired) electrons. The van der Waals surface area contributed by atoms with Crippen molar-refractivity contribution in [3.63, 3.8) is 0 Å². The van der Waals surface area contributed by atoms with Crippen LogP contribution in [0.2, 0.25) is 0 Å². The summed E-state index contributed by atoms with van der Waals surface area (Å²) in [5.74, 6) is -0.102.